The second-order valence-corrected chi connectivity index (χ2v) is 4.14. The number of benzene rings is 1. The fourth-order valence-corrected chi connectivity index (χ4v) is 1.46. The molecule has 0 saturated carbocycles. The molecular weight excluding hydrogens is 265 g/mol. The molecule has 3 nitrogen and oxygen atoms in total. The zero-order chi connectivity index (χ0) is 13.9. The van der Waals surface area contributed by atoms with Crippen LogP contribution in [0.5, 0.6) is 5.75 Å². The van der Waals surface area contributed by atoms with Crippen molar-refractivity contribution in [1.29, 1.82) is 0 Å². The van der Waals surface area contributed by atoms with Crippen molar-refractivity contribution >= 4 is 5.97 Å². The van der Waals surface area contributed by atoms with Gasteiger partial charge in [-0.2, -0.15) is 0 Å². The Kier molecular flexibility index (Phi) is 6.97. The molecule has 1 rings (SSSR count). The Labute approximate surface area is 133 Å². The predicted octanol–water partition coefficient (Wildman–Crippen LogP) is -0.982. The number of aliphatic carboxylic acids is 1. The van der Waals surface area contributed by atoms with Crippen molar-refractivity contribution in [3.63, 3.8) is 0 Å². The summed E-state index contributed by atoms with van der Waals surface area (Å²) in [5, 5.41) is 10.6. The van der Waals surface area contributed by atoms with E-state index in [9.17, 15) is 18.7 Å². The molecule has 0 fully saturated rings. The Morgan fingerprint density at radius 3 is 2.53 bits per heavy atom. The van der Waals surface area contributed by atoms with Crippen LogP contribution in [0.4, 0.5) is 8.78 Å². The standard InChI is InChI=1S/C13H16F2O3.Na/c1-4-13(14,15)10-7-8(2)5-6-11(10)18-9(3)12(16)17;/h5-7,9H,4H2,1-3H3,(H,16,17);/q;+1/p-1/t9-;/m0./s1. The van der Waals surface area contributed by atoms with Gasteiger partial charge in [0, 0.05) is 6.42 Å². The van der Waals surface area contributed by atoms with Crippen LogP contribution in [0.25, 0.3) is 0 Å². The molecule has 0 amide bonds. The third kappa shape index (κ3) is 4.75. The van der Waals surface area contributed by atoms with E-state index in [2.05, 4.69) is 0 Å². The number of carbonyl (C=O) groups is 1. The van der Waals surface area contributed by atoms with Crippen LogP contribution in [0.2, 0.25) is 0 Å². The smallest absolute Gasteiger partial charge is 0.546 e. The maximum absolute atomic E-state index is 13.7. The van der Waals surface area contributed by atoms with Crippen molar-refractivity contribution in [2.24, 2.45) is 0 Å². The van der Waals surface area contributed by atoms with Gasteiger partial charge in [-0.25, -0.2) is 8.78 Å². The number of carbonyl (C=O) groups excluding carboxylic acids is 1. The summed E-state index contributed by atoms with van der Waals surface area (Å²) in [6.07, 6.45) is -1.66. The maximum atomic E-state index is 13.7. The molecule has 0 radical (unpaired) electrons. The fraction of sp³-hybridized carbons (Fsp3) is 0.462. The third-order valence-electron chi connectivity index (χ3n) is 2.61. The number of halogens is 2. The summed E-state index contributed by atoms with van der Waals surface area (Å²) in [5.41, 5.74) is 0.365. The summed E-state index contributed by atoms with van der Waals surface area (Å²) >= 11 is 0. The van der Waals surface area contributed by atoms with Crippen LogP contribution in [0, 0.1) is 6.92 Å². The van der Waals surface area contributed by atoms with Crippen molar-refractivity contribution in [2.45, 2.75) is 39.2 Å². The minimum atomic E-state index is -3.05. The van der Waals surface area contributed by atoms with Crippen LogP contribution < -0.4 is 39.4 Å². The normalized spacial score (nSPS) is 12.5. The molecule has 0 spiro atoms. The number of rotatable bonds is 5. The monoisotopic (exact) mass is 280 g/mol. The van der Waals surface area contributed by atoms with Gasteiger partial charge in [0.05, 0.1) is 11.5 Å². The molecule has 0 aliphatic heterocycles. The second-order valence-electron chi connectivity index (χ2n) is 4.14. The molecule has 6 heteroatoms. The van der Waals surface area contributed by atoms with Crippen molar-refractivity contribution in [1.82, 2.24) is 0 Å². The molecule has 0 saturated heterocycles. The number of hydrogen-bond acceptors (Lipinski definition) is 3. The van der Waals surface area contributed by atoms with Crippen molar-refractivity contribution in [3.8, 4) is 5.75 Å². The van der Waals surface area contributed by atoms with Gasteiger partial charge < -0.3 is 14.6 Å². The Bertz CT molecular complexity index is 450. The van der Waals surface area contributed by atoms with Gasteiger partial charge in [-0.05, 0) is 26.0 Å². The molecule has 0 aromatic heterocycles. The summed E-state index contributed by atoms with van der Waals surface area (Å²) in [7, 11) is 0. The SMILES string of the molecule is CCC(F)(F)c1cc(C)ccc1O[C@@H](C)C(=O)[O-].[Na+]. The van der Waals surface area contributed by atoms with Gasteiger partial charge >= 0.3 is 29.6 Å². The van der Waals surface area contributed by atoms with Crippen molar-refractivity contribution < 1.29 is 53.0 Å². The van der Waals surface area contributed by atoms with Gasteiger partial charge in [-0.3, -0.25) is 0 Å². The first-order chi connectivity index (χ1) is 8.27. The van der Waals surface area contributed by atoms with E-state index in [0.717, 1.165) is 0 Å². The molecule has 19 heavy (non-hydrogen) atoms. The van der Waals surface area contributed by atoms with Gasteiger partial charge in [0.1, 0.15) is 11.9 Å². The Hall–Kier alpha value is -0.650. The average molecular weight is 280 g/mol. The van der Waals surface area contributed by atoms with Crippen molar-refractivity contribution in [3.05, 3.63) is 29.3 Å². The molecule has 1 atom stereocenters. The largest absolute Gasteiger partial charge is 1.00 e. The number of hydrogen-bond donors (Lipinski definition) is 0. The van der Waals surface area contributed by atoms with E-state index in [1.807, 2.05) is 0 Å². The van der Waals surface area contributed by atoms with Crippen LogP contribution in [0.3, 0.4) is 0 Å². The number of carboxylic acid groups (broad SMARTS) is 1. The summed E-state index contributed by atoms with van der Waals surface area (Å²) in [6.45, 7) is 4.28. The molecule has 1 aromatic carbocycles. The number of ether oxygens (including phenoxy) is 1. The number of alkyl halides is 2. The Morgan fingerprint density at radius 2 is 2.05 bits per heavy atom. The Balaban J connectivity index is 0.00000324. The first-order valence-corrected chi connectivity index (χ1v) is 5.64. The minimum absolute atomic E-state index is 0. The first kappa shape index (κ1) is 18.4. The molecule has 1 aromatic rings. The van der Waals surface area contributed by atoms with Crippen LogP contribution in [-0.2, 0) is 10.7 Å². The molecule has 0 aliphatic rings. The van der Waals surface area contributed by atoms with E-state index in [1.165, 1.54) is 26.0 Å². The zero-order valence-electron chi connectivity index (χ0n) is 11.5. The van der Waals surface area contributed by atoms with E-state index < -0.39 is 18.0 Å². The quantitative estimate of drug-likeness (QED) is 0.651. The minimum Gasteiger partial charge on any atom is -0.546 e. The third-order valence-corrected chi connectivity index (χ3v) is 2.61. The van der Waals surface area contributed by atoms with E-state index in [4.69, 9.17) is 4.74 Å². The summed E-state index contributed by atoms with van der Waals surface area (Å²) in [5.74, 6) is -4.61. The van der Waals surface area contributed by atoms with Crippen molar-refractivity contribution in [2.75, 3.05) is 0 Å². The first-order valence-electron chi connectivity index (χ1n) is 5.64. The van der Waals surface area contributed by atoms with E-state index in [-0.39, 0.29) is 47.3 Å². The summed E-state index contributed by atoms with van der Waals surface area (Å²) in [4.78, 5) is 10.6. The van der Waals surface area contributed by atoms with Gasteiger partial charge in [-0.15, -0.1) is 0 Å². The molecule has 0 unspecified atom stereocenters. The molecule has 0 aliphatic carbocycles. The zero-order valence-corrected chi connectivity index (χ0v) is 13.5. The second kappa shape index (κ2) is 7.22. The summed E-state index contributed by atoms with van der Waals surface area (Å²) < 4.78 is 32.5. The molecule has 100 valence electrons. The van der Waals surface area contributed by atoms with E-state index >= 15 is 0 Å². The maximum Gasteiger partial charge on any atom is 1.00 e. The van der Waals surface area contributed by atoms with E-state index in [0.29, 0.717) is 5.56 Å². The van der Waals surface area contributed by atoms with Gasteiger partial charge in [0.15, 0.2) is 0 Å². The summed E-state index contributed by atoms with van der Waals surface area (Å²) in [6, 6.07) is 4.25. The van der Waals surface area contributed by atoms with Crippen LogP contribution in [0.15, 0.2) is 18.2 Å². The topological polar surface area (TPSA) is 49.4 Å². The molecular formula is C13H15F2NaO3. The fourth-order valence-electron chi connectivity index (χ4n) is 1.46. The van der Waals surface area contributed by atoms with E-state index in [1.54, 1.807) is 13.0 Å². The molecule has 0 heterocycles. The van der Waals surface area contributed by atoms with Gasteiger partial charge in [0.2, 0.25) is 0 Å². The predicted molar refractivity (Wildman–Crippen MR) is 60.5 cm³/mol. The average Bonchev–Trinajstić information content (AvgIpc) is 2.31. The van der Waals surface area contributed by atoms with Crippen LogP contribution >= 0.6 is 0 Å². The van der Waals surface area contributed by atoms with Gasteiger partial charge in [-0.1, -0.05) is 18.6 Å². The van der Waals surface area contributed by atoms with Crippen LogP contribution in [-0.4, -0.2) is 12.1 Å². The molecule has 0 bridgehead atoms. The Morgan fingerprint density at radius 1 is 1.47 bits per heavy atom. The van der Waals surface area contributed by atoms with Gasteiger partial charge in [0.25, 0.3) is 5.92 Å². The number of carboxylic acids is 1. The molecule has 0 N–H and O–H groups in total. The number of aryl methyl sites for hydroxylation is 1. The van der Waals surface area contributed by atoms with Crippen LogP contribution in [0.1, 0.15) is 31.4 Å².